The Balaban J connectivity index is 3.54. The Hall–Kier alpha value is -0.260. The largest absolute Gasteiger partial charge is 0.0853 e. The lowest BCUT2D eigenvalue weighted by Crippen LogP contribution is -1.93. The third-order valence-electron chi connectivity index (χ3n) is 2.66. The highest BCUT2D eigenvalue weighted by Gasteiger charge is 1.98. The Morgan fingerprint density at radius 1 is 1.25 bits per heavy atom. The second-order valence-corrected chi connectivity index (χ2v) is 3.75. The first kappa shape index (κ1) is 11.7. The number of hydrogen-bond acceptors (Lipinski definition) is 0. The van der Waals surface area contributed by atoms with Crippen LogP contribution >= 0.6 is 0 Å². The Kier molecular flexibility index (Phi) is 7.23. The smallest absolute Gasteiger partial charge is 0.0237 e. The zero-order chi connectivity index (χ0) is 9.40. The molecule has 0 saturated heterocycles. The summed E-state index contributed by atoms with van der Waals surface area (Å²) < 4.78 is 0. The zero-order valence-corrected chi connectivity index (χ0v) is 9.19. The normalized spacial score (nSPS) is 14.8. The number of rotatable bonds is 6. The van der Waals surface area contributed by atoms with Crippen molar-refractivity contribution in [3.05, 3.63) is 11.6 Å². The molecule has 0 aliphatic heterocycles. The molecule has 0 nitrogen and oxygen atoms in total. The maximum atomic E-state index is 2.42. The lowest BCUT2D eigenvalue weighted by molar-refractivity contribution is 0.645. The van der Waals surface area contributed by atoms with Crippen LogP contribution in [-0.4, -0.2) is 0 Å². The zero-order valence-electron chi connectivity index (χ0n) is 9.19. The highest BCUT2D eigenvalue weighted by molar-refractivity contribution is 5.01. The highest BCUT2D eigenvalue weighted by Crippen LogP contribution is 2.14. The van der Waals surface area contributed by atoms with Crippen LogP contribution in [0.3, 0.4) is 0 Å². The highest BCUT2D eigenvalue weighted by atomic mass is 14.0. The van der Waals surface area contributed by atoms with Crippen LogP contribution in [0.5, 0.6) is 0 Å². The molecule has 0 spiro atoms. The van der Waals surface area contributed by atoms with Gasteiger partial charge in [-0.3, -0.25) is 0 Å². The van der Waals surface area contributed by atoms with Crippen LogP contribution in [0.15, 0.2) is 11.6 Å². The Morgan fingerprint density at radius 3 is 2.42 bits per heavy atom. The minimum Gasteiger partial charge on any atom is -0.0853 e. The molecule has 0 rings (SSSR count). The van der Waals surface area contributed by atoms with Gasteiger partial charge in [-0.05, 0) is 32.1 Å². The van der Waals surface area contributed by atoms with E-state index >= 15 is 0 Å². The summed E-state index contributed by atoms with van der Waals surface area (Å²) in [4.78, 5) is 0. The molecule has 0 bridgehead atoms. The molecule has 0 aromatic carbocycles. The van der Waals surface area contributed by atoms with Crippen molar-refractivity contribution in [2.24, 2.45) is 5.92 Å². The Morgan fingerprint density at radius 2 is 1.92 bits per heavy atom. The second kappa shape index (κ2) is 7.39. The van der Waals surface area contributed by atoms with Gasteiger partial charge in [-0.2, -0.15) is 0 Å². The van der Waals surface area contributed by atoms with E-state index in [2.05, 4.69) is 33.8 Å². The Bertz CT molecular complexity index is 122. The predicted octanol–water partition coefficient (Wildman–Crippen LogP) is 4.56. The topological polar surface area (TPSA) is 0 Å². The van der Waals surface area contributed by atoms with Crippen molar-refractivity contribution < 1.29 is 0 Å². The summed E-state index contributed by atoms with van der Waals surface area (Å²) in [7, 11) is 0. The molecule has 0 saturated carbocycles. The van der Waals surface area contributed by atoms with E-state index in [-0.39, 0.29) is 0 Å². The molecule has 0 heterocycles. The van der Waals surface area contributed by atoms with E-state index < -0.39 is 0 Å². The molecule has 0 aliphatic carbocycles. The van der Waals surface area contributed by atoms with Gasteiger partial charge in [-0.1, -0.05) is 45.3 Å². The minimum absolute atomic E-state index is 0.784. The molecule has 0 amide bonds. The minimum atomic E-state index is 0.784. The fourth-order valence-corrected chi connectivity index (χ4v) is 1.25. The van der Waals surface area contributed by atoms with Gasteiger partial charge in [-0.25, -0.2) is 0 Å². The Labute approximate surface area is 78.1 Å². The maximum Gasteiger partial charge on any atom is -0.0237 e. The van der Waals surface area contributed by atoms with Crippen molar-refractivity contribution in [1.29, 1.82) is 0 Å². The SMILES string of the molecule is CCCCCC=C(C)C(C)CC. The third kappa shape index (κ3) is 5.40. The molecule has 12 heavy (non-hydrogen) atoms. The molecule has 0 radical (unpaired) electrons. The number of hydrogen-bond donors (Lipinski definition) is 0. The van der Waals surface area contributed by atoms with Crippen molar-refractivity contribution in [2.75, 3.05) is 0 Å². The molecular formula is C12H24. The summed E-state index contributed by atoms with van der Waals surface area (Å²) in [6, 6.07) is 0. The molecular weight excluding hydrogens is 144 g/mol. The summed E-state index contributed by atoms with van der Waals surface area (Å²) in [5.41, 5.74) is 1.58. The number of allylic oxidation sites excluding steroid dienone is 2. The van der Waals surface area contributed by atoms with E-state index in [0.29, 0.717) is 0 Å². The molecule has 0 aromatic rings. The van der Waals surface area contributed by atoms with E-state index in [1.165, 1.54) is 32.1 Å². The molecule has 0 aromatic heterocycles. The van der Waals surface area contributed by atoms with Crippen LogP contribution in [0.25, 0.3) is 0 Å². The van der Waals surface area contributed by atoms with Crippen LogP contribution in [0.1, 0.15) is 59.8 Å². The summed E-state index contributed by atoms with van der Waals surface area (Å²) >= 11 is 0. The second-order valence-electron chi connectivity index (χ2n) is 3.75. The average Bonchev–Trinajstić information content (AvgIpc) is 2.10. The molecule has 0 fully saturated rings. The van der Waals surface area contributed by atoms with E-state index in [1.54, 1.807) is 5.57 Å². The van der Waals surface area contributed by atoms with Crippen LogP contribution < -0.4 is 0 Å². The third-order valence-corrected chi connectivity index (χ3v) is 2.66. The summed E-state index contributed by atoms with van der Waals surface area (Å²) in [6.45, 7) is 9.09. The first-order valence-corrected chi connectivity index (χ1v) is 5.39. The van der Waals surface area contributed by atoms with Crippen molar-refractivity contribution in [1.82, 2.24) is 0 Å². The summed E-state index contributed by atoms with van der Waals surface area (Å²) in [5.74, 6) is 0.784. The molecule has 0 aliphatic rings. The van der Waals surface area contributed by atoms with Crippen molar-refractivity contribution >= 4 is 0 Å². The fraction of sp³-hybridized carbons (Fsp3) is 0.833. The lowest BCUT2D eigenvalue weighted by atomic mass is 9.98. The average molecular weight is 168 g/mol. The van der Waals surface area contributed by atoms with Crippen LogP contribution in [0.4, 0.5) is 0 Å². The van der Waals surface area contributed by atoms with Crippen LogP contribution in [0.2, 0.25) is 0 Å². The van der Waals surface area contributed by atoms with Gasteiger partial charge in [0, 0.05) is 0 Å². The van der Waals surface area contributed by atoms with Gasteiger partial charge in [0.15, 0.2) is 0 Å². The van der Waals surface area contributed by atoms with Gasteiger partial charge in [-0.15, -0.1) is 0 Å². The van der Waals surface area contributed by atoms with Crippen molar-refractivity contribution in [3.63, 3.8) is 0 Å². The van der Waals surface area contributed by atoms with Gasteiger partial charge in [0.1, 0.15) is 0 Å². The first-order valence-electron chi connectivity index (χ1n) is 5.39. The van der Waals surface area contributed by atoms with Gasteiger partial charge in [0.05, 0.1) is 0 Å². The molecule has 72 valence electrons. The quantitative estimate of drug-likeness (QED) is 0.403. The van der Waals surface area contributed by atoms with Gasteiger partial charge in [0.25, 0.3) is 0 Å². The molecule has 1 unspecified atom stereocenters. The van der Waals surface area contributed by atoms with Gasteiger partial charge >= 0.3 is 0 Å². The monoisotopic (exact) mass is 168 g/mol. The fourth-order valence-electron chi connectivity index (χ4n) is 1.25. The standard InChI is InChI=1S/C12H24/c1-5-7-8-9-10-12(4)11(3)6-2/h10-11H,5-9H2,1-4H3. The van der Waals surface area contributed by atoms with Gasteiger partial charge in [0.2, 0.25) is 0 Å². The summed E-state index contributed by atoms with van der Waals surface area (Å²) in [5, 5.41) is 0. The summed E-state index contributed by atoms with van der Waals surface area (Å²) in [6.07, 6.45) is 9.05. The van der Waals surface area contributed by atoms with E-state index in [9.17, 15) is 0 Å². The first-order chi connectivity index (χ1) is 5.72. The van der Waals surface area contributed by atoms with E-state index in [1.807, 2.05) is 0 Å². The maximum absolute atomic E-state index is 2.42. The van der Waals surface area contributed by atoms with Crippen LogP contribution in [0, 0.1) is 5.92 Å². The van der Waals surface area contributed by atoms with Crippen LogP contribution in [-0.2, 0) is 0 Å². The lowest BCUT2D eigenvalue weighted by Gasteiger charge is -2.08. The molecule has 1 atom stereocenters. The predicted molar refractivity (Wildman–Crippen MR) is 57.4 cm³/mol. The van der Waals surface area contributed by atoms with Crippen molar-refractivity contribution in [3.8, 4) is 0 Å². The molecule has 0 N–H and O–H groups in total. The van der Waals surface area contributed by atoms with E-state index in [4.69, 9.17) is 0 Å². The van der Waals surface area contributed by atoms with E-state index in [0.717, 1.165) is 5.92 Å². The van der Waals surface area contributed by atoms with Crippen molar-refractivity contribution in [2.45, 2.75) is 59.8 Å². The van der Waals surface area contributed by atoms with Gasteiger partial charge < -0.3 is 0 Å². The number of unbranched alkanes of at least 4 members (excludes halogenated alkanes) is 3. The molecule has 0 heteroatoms.